The van der Waals surface area contributed by atoms with Gasteiger partial charge in [-0.2, -0.15) is 10.2 Å². The summed E-state index contributed by atoms with van der Waals surface area (Å²) in [5.74, 6) is -0.558. The van der Waals surface area contributed by atoms with Crippen LogP contribution in [0.4, 0.5) is 10.1 Å². The molecule has 6 nitrogen and oxygen atoms in total. The Morgan fingerprint density at radius 3 is 2.92 bits per heavy atom. The summed E-state index contributed by atoms with van der Waals surface area (Å²) in [6, 6.07) is 6.32. The van der Waals surface area contributed by atoms with Crippen molar-refractivity contribution in [3.8, 4) is 0 Å². The van der Waals surface area contributed by atoms with Gasteiger partial charge in [-0.3, -0.25) is 14.2 Å². The molecule has 2 heterocycles. The van der Waals surface area contributed by atoms with E-state index in [9.17, 15) is 9.18 Å². The maximum Gasteiger partial charge on any atom is 0.275 e. The van der Waals surface area contributed by atoms with Gasteiger partial charge in [-0.1, -0.05) is 12.1 Å². The Labute approximate surface area is 146 Å². The van der Waals surface area contributed by atoms with Gasteiger partial charge in [0.1, 0.15) is 11.5 Å². The fourth-order valence-electron chi connectivity index (χ4n) is 2.36. The molecular formula is C16H15BrFN5O. The molecule has 0 atom stereocenters. The molecule has 0 fully saturated rings. The number of aromatic nitrogens is 4. The molecule has 0 aliphatic heterocycles. The van der Waals surface area contributed by atoms with E-state index >= 15 is 0 Å². The van der Waals surface area contributed by atoms with Crippen LogP contribution in [0, 0.1) is 5.82 Å². The van der Waals surface area contributed by atoms with E-state index in [1.807, 2.05) is 13.0 Å². The van der Waals surface area contributed by atoms with Crippen molar-refractivity contribution in [1.82, 2.24) is 19.6 Å². The lowest BCUT2D eigenvalue weighted by molar-refractivity contribution is 0.101. The first-order valence-corrected chi connectivity index (χ1v) is 8.15. The van der Waals surface area contributed by atoms with Crippen molar-refractivity contribution in [1.29, 1.82) is 0 Å². The van der Waals surface area contributed by atoms with Gasteiger partial charge in [-0.25, -0.2) is 4.39 Å². The Balaban J connectivity index is 1.72. The molecule has 3 rings (SSSR count). The molecular weight excluding hydrogens is 377 g/mol. The van der Waals surface area contributed by atoms with Gasteiger partial charge >= 0.3 is 0 Å². The van der Waals surface area contributed by atoms with Crippen LogP contribution in [0.25, 0.3) is 0 Å². The van der Waals surface area contributed by atoms with Gasteiger partial charge in [0, 0.05) is 12.7 Å². The fourth-order valence-corrected chi connectivity index (χ4v) is 2.83. The van der Waals surface area contributed by atoms with E-state index in [0.29, 0.717) is 28.9 Å². The zero-order chi connectivity index (χ0) is 17.1. The third-order valence-corrected chi connectivity index (χ3v) is 4.01. The summed E-state index contributed by atoms with van der Waals surface area (Å²) in [6.45, 7) is 2.92. The Morgan fingerprint density at radius 1 is 1.33 bits per heavy atom. The number of benzene rings is 1. The topological polar surface area (TPSA) is 64.7 Å². The second kappa shape index (κ2) is 6.96. The molecule has 3 aromatic rings. The van der Waals surface area contributed by atoms with Gasteiger partial charge in [0.2, 0.25) is 0 Å². The maximum absolute atomic E-state index is 13.2. The van der Waals surface area contributed by atoms with Gasteiger partial charge in [-0.15, -0.1) is 0 Å². The minimum absolute atomic E-state index is 0.272. The highest BCUT2D eigenvalue weighted by Crippen LogP contribution is 2.18. The van der Waals surface area contributed by atoms with E-state index < -0.39 is 0 Å². The lowest BCUT2D eigenvalue weighted by Crippen LogP contribution is -2.17. The van der Waals surface area contributed by atoms with E-state index in [1.165, 1.54) is 12.1 Å². The van der Waals surface area contributed by atoms with Crippen LogP contribution in [-0.2, 0) is 13.1 Å². The van der Waals surface area contributed by atoms with E-state index in [0.717, 1.165) is 5.56 Å². The Morgan fingerprint density at radius 2 is 2.17 bits per heavy atom. The van der Waals surface area contributed by atoms with Gasteiger partial charge in [0.15, 0.2) is 0 Å². The molecule has 1 N–H and O–H groups in total. The van der Waals surface area contributed by atoms with Crippen LogP contribution in [0.2, 0.25) is 0 Å². The average molecular weight is 392 g/mol. The minimum atomic E-state index is -0.286. The first kappa shape index (κ1) is 16.4. The highest BCUT2D eigenvalue weighted by Gasteiger charge is 2.17. The molecule has 0 bridgehead atoms. The van der Waals surface area contributed by atoms with Crippen LogP contribution < -0.4 is 5.32 Å². The largest absolute Gasteiger partial charge is 0.318 e. The van der Waals surface area contributed by atoms with Crippen LogP contribution >= 0.6 is 15.9 Å². The lowest BCUT2D eigenvalue weighted by atomic mass is 10.2. The summed E-state index contributed by atoms with van der Waals surface area (Å²) in [4.78, 5) is 12.4. The van der Waals surface area contributed by atoms with Crippen molar-refractivity contribution in [2.45, 2.75) is 20.0 Å². The summed E-state index contributed by atoms with van der Waals surface area (Å²) in [5, 5.41) is 11.1. The first-order chi connectivity index (χ1) is 11.6. The Kier molecular flexibility index (Phi) is 4.75. The van der Waals surface area contributed by atoms with Gasteiger partial charge in [0.05, 0.1) is 29.1 Å². The molecule has 24 heavy (non-hydrogen) atoms. The SMILES string of the molecule is CCn1ncc(Br)c1C(=O)Nc1cnn(Cc2cccc(F)c2)c1. The molecule has 0 spiro atoms. The van der Waals surface area contributed by atoms with Crippen LogP contribution in [0.3, 0.4) is 0 Å². The fraction of sp³-hybridized carbons (Fsp3) is 0.188. The number of aryl methyl sites for hydroxylation is 1. The van der Waals surface area contributed by atoms with Gasteiger partial charge in [-0.05, 0) is 40.5 Å². The summed E-state index contributed by atoms with van der Waals surface area (Å²) in [7, 11) is 0. The summed E-state index contributed by atoms with van der Waals surface area (Å²) >= 11 is 3.33. The third-order valence-electron chi connectivity index (χ3n) is 3.43. The molecule has 1 amide bonds. The molecule has 0 saturated carbocycles. The number of amides is 1. The summed E-state index contributed by atoms with van der Waals surface area (Å²) in [5.41, 5.74) is 1.81. The zero-order valence-electron chi connectivity index (χ0n) is 12.9. The monoisotopic (exact) mass is 391 g/mol. The quantitative estimate of drug-likeness (QED) is 0.725. The molecule has 8 heteroatoms. The first-order valence-electron chi connectivity index (χ1n) is 7.36. The number of halogens is 2. The molecule has 0 unspecified atom stereocenters. The van der Waals surface area contributed by atoms with Crippen LogP contribution in [-0.4, -0.2) is 25.5 Å². The number of nitrogens with one attached hydrogen (secondary N) is 1. The summed E-state index contributed by atoms with van der Waals surface area (Å²) in [6.07, 6.45) is 4.84. The zero-order valence-corrected chi connectivity index (χ0v) is 14.5. The van der Waals surface area contributed by atoms with E-state index in [-0.39, 0.29) is 11.7 Å². The molecule has 0 saturated heterocycles. The highest BCUT2D eigenvalue weighted by atomic mass is 79.9. The number of rotatable bonds is 5. The smallest absolute Gasteiger partial charge is 0.275 e. The number of carbonyl (C=O) groups is 1. The van der Waals surface area contributed by atoms with Crippen molar-refractivity contribution in [3.05, 3.63) is 64.4 Å². The predicted molar refractivity (Wildman–Crippen MR) is 91.3 cm³/mol. The van der Waals surface area contributed by atoms with Gasteiger partial charge in [0.25, 0.3) is 5.91 Å². The van der Waals surface area contributed by atoms with E-state index in [2.05, 4.69) is 31.4 Å². The maximum atomic E-state index is 13.2. The summed E-state index contributed by atoms with van der Waals surface area (Å²) < 4.78 is 17.1. The number of hydrogen-bond donors (Lipinski definition) is 1. The van der Waals surface area contributed by atoms with Crippen molar-refractivity contribution in [3.63, 3.8) is 0 Å². The molecule has 2 aromatic heterocycles. The van der Waals surface area contributed by atoms with Crippen LogP contribution in [0.5, 0.6) is 0 Å². The normalized spacial score (nSPS) is 10.8. The average Bonchev–Trinajstić information content (AvgIpc) is 3.13. The molecule has 0 aliphatic carbocycles. The Hall–Kier alpha value is -2.48. The third kappa shape index (κ3) is 3.53. The number of nitrogens with zero attached hydrogens (tertiary/aromatic N) is 4. The number of carbonyl (C=O) groups excluding carboxylic acids is 1. The van der Waals surface area contributed by atoms with E-state index in [4.69, 9.17) is 0 Å². The molecule has 1 aromatic carbocycles. The second-order valence-electron chi connectivity index (χ2n) is 5.17. The van der Waals surface area contributed by atoms with Crippen molar-refractivity contribution in [2.75, 3.05) is 5.32 Å². The van der Waals surface area contributed by atoms with Gasteiger partial charge < -0.3 is 5.32 Å². The predicted octanol–water partition coefficient (Wildman–Crippen LogP) is 3.30. The minimum Gasteiger partial charge on any atom is -0.318 e. The number of hydrogen-bond acceptors (Lipinski definition) is 3. The lowest BCUT2D eigenvalue weighted by Gasteiger charge is -2.05. The second-order valence-corrected chi connectivity index (χ2v) is 6.02. The molecule has 0 radical (unpaired) electrons. The Bertz CT molecular complexity index is 873. The highest BCUT2D eigenvalue weighted by molar-refractivity contribution is 9.10. The molecule has 124 valence electrons. The molecule has 0 aliphatic rings. The van der Waals surface area contributed by atoms with Crippen molar-refractivity contribution >= 4 is 27.5 Å². The standard InChI is InChI=1S/C16H15BrFN5O/c1-2-23-15(14(17)8-20-23)16(24)21-13-7-19-22(10-13)9-11-4-3-5-12(18)6-11/h3-8,10H,2,9H2,1H3,(H,21,24). The van der Waals surface area contributed by atoms with Crippen molar-refractivity contribution < 1.29 is 9.18 Å². The number of anilines is 1. The van der Waals surface area contributed by atoms with Crippen LogP contribution in [0.15, 0.2) is 47.3 Å². The van der Waals surface area contributed by atoms with E-state index in [1.54, 1.807) is 34.0 Å². The van der Waals surface area contributed by atoms with Crippen LogP contribution in [0.1, 0.15) is 23.0 Å². The van der Waals surface area contributed by atoms with Crippen molar-refractivity contribution in [2.24, 2.45) is 0 Å².